The van der Waals surface area contributed by atoms with E-state index in [-0.39, 0.29) is 12.3 Å². The highest BCUT2D eigenvalue weighted by molar-refractivity contribution is 5.81. The predicted molar refractivity (Wildman–Crippen MR) is 88.2 cm³/mol. The van der Waals surface area contributed by atoms with Gasteiger partial charge in [0.1, 0.15) is 0 Å². The van der Waals surface area contributed by atoms with Gasteiger partial charge in [-0.2, -0.15) is 5.10 Å². The molecule has 1 saturated heterocycles. The van der Waals surface area contributed by atoms with Gasteiger partial charge in [-0.15, -0.1) is 0 Å². The van der Waals surface area contributed by atoms with Crippen LogP contribution in [0.3, 0.4) is 0 Å². The van der Waals surface area contributed by atoms with Crippen LogP contribution in [-0.2, 0) is 23.1 Å². The Labute approximate surface area is 140 Å². The molecular weight excluding hydrogens is 306 g/mol. The van der Waals surface area contributed by atoms with E-state index in [1.165, 1.54) is 0 Å². The zero-order valence-corrected chi connectivity index (χ0v) is 13.6. The number of hydrogen-bond donors (Lipinski definition) is 1. The molecule has 6 nitrogen and oxygen atoms in total. The number of amides is 1. The topological polar surface area (TPSA) is 75.4 Å². The number of likely N-dealkylation sites (tertiary alicyclic amines) is 1. The van der Waals surface area contributed by atoms with Crippen LogP contribution in [0.15, 0.2) is 42.7 Å². The SMILES string of the molecule is Cn1cc([C@H]2[C@@H](C(=O)O)CCC(=O)N2CCc2ccccc2)cn1. The fraction of sp³-hybridized carbons (Fsp3) is 0.389. The second kappa shape index (κ2) is 6.86. The average molecular weight is 327 g/mol. The monoisotopic (exact) mass is 327 g/mol. The Morgan fingerprint density at radius 2 is 2.08 bits per heavy atom. The van der Waals surface area contributed by atoms with E-state index in [0.29, 0.717) is 19.4 Å². The van der Waals surface area contributed by atoms with Crippen LogP contribution in [-0.4, -0.2) is 38.2 Å². The molecule has 1 aromatic heterocycles. The van der Waals surface area contributed by atoms with Gasteiger partial charge in [0.05, 0.1) is 18.2 Å². The molecule has 3 rings (SSSR count). The summed E-state index contributed by atoms with van der Waals surface area (Å²) in [7, 11) is 1.79. The summed E-state index contributed by atoms with van der Waals surface area (Å²) in [6, 6.07) is 9.46. The van der Waals surface area contributed by atoms with Gasteiger partial charge in [0.15, 0.2) is 0 Å². The summed E-state index contributed by atoms with van der Waals surface area (Å²) in [4.78, 5) is 25.9. The first-order valence-corrected chi connectivity index (χ1v) is 8.11. The number of aliphatic carboxylic acids is 1. The molecule has 0 spiro atoms. The van der Waals surface area contributed by atoms with Crippen LogP contribution in [0, 0.1) is 5.92 Å². The van der Waals surface area contributed by atoms with Crippen molar-refractivity contribution in [1.82, 2.24) is 14.7 Å². The van der Waals surface area contributed by atoms with Crippen molar-refractivity contribution >= 4 is 11.9 Å². The summed E-state index contributed by atoms with van der Waals surface area (Å²) in [6.07, 6.45) is 4.82. The van der Waals surface area contributed by atoms with Gasteiger partial charge in [0, 0.05) is 31.8 Å². The average Bonchev–Trinajstić information content (AvgIpc) is 3.00. The fourth-order valence-corrected chi connectivity index (χ4v) is 3.37. The third-order valence-electron chi connectivity index (χ3n) is 4.57. The quantitative estimate of drug-likeness (QED) is 0.912. The first-order valence-electron chi connectivity index (χ1n) is 8.11. The lowest BCUT2D eigenvalue weighted by molar-refractivity contribution is -0.152. The predicted octanol–water partition coefficient (Wildman–Crippen LogP) is 2.03. The number of nitrogens with zero attached hydrogens (tertiary/aromatic N) is 3. The molecule has 0 radical (unpaired) electrons. The number of aromatic nitrogens is 2. The molecule has 0 unspecified atom stereocenters. The van der Waals surface area contributed by atoms with Crippen LogP contribution in [0.4, 0.5) is 0 Å². The number of hydrogen-bond acceptors (Lipinski definition) is 3. The minimum atomic E-state index is -0.860. The van der Waals surface area contributed by atoms with Gasteiger partial charge in [0.25, 0.3) is 0 Å². The van der Waals surface area contributed by atoms with Crippen molar-refractivity contribution in [2.75, 3.05) is 6.54 Å². The number of piperidine rings is 1. The molecular formula is C18H21N3O3. The van der Waals surface area contributed by atoms with Gasteiger partial charge in [-0.1, -0.05) is 30.3 Å². The lowest BCUT2D eigenvalue weighted by Crippen LogP contribution is -2.46. The van der Waals surface area contributed by atoms with E-state index in [1.807, 2.05) is 30.3 Å². The number of benzene rings is 1. The Balaban J connectivity index is 1.86. The minimum absolute atomic E-state index is 0.0114. The van der Waals surface area contributed by atoms with Gasteiger partial charge in [-0.05, 0) is 18.4 Å². The molecule has 2 atom stereocenters. The van der Waals surface area contributed by atoms with E-state index < -0.39 is 17.9 Å². The van der Waals surface area contributed by atoms with E-state index in [2.05, 4.69) is 5.10 Å². The zero-order chi connectivity index (χ0) is 17.1. The summed E-state index contributed by atoms with van der Waals surface area (Å²) < 4.78 is 1.64. The van der Waals surface area contributed by atoms with Crippen molar-refractivity contribution in [3.8, 4) is 0 Å². The molecule has 1 aromatic carbocycles. The maximum Gasteiger partial charge on any atom is 0.308 e. The molecule has 1 N–H and O–H groups in total. The Morgan fingerprint density at radius 1 is 1.33 bits per heavy atom. The molecule has 2 aromatic rings. The summed E-state index contributed by atoms with van der Waals surface area (Å²) in [5, 5.41) is 13.8. The third-order valence-corrected chi connectivity index (χ3v) is 4.57. The van der Waals surface area contributed by atoms with Gasteiger partial charge in [-0.25, -0.2) is 0 Å². The van der Waals surface area contributed by atoms with Crippen molar-refractivity contribution in [3.63, 3.8) is 0 Å². The normalized spacial score (nSPS) is 21.0. The number of aryl methyl sites for hydroxylation is 1. The molecule has 0 saturated carbocycles. The number of carbonyl (C=O) groups excluding carboxylic acids is 1. The second-order valence-corrected chi connectivity index (χ2v) is 6.20. The lowest BCUT2D eigenvalue weighted by atomic mass is 9.85. The van der Waals surface area contributed by atoms with Crippen LogP contribution in [0.1, 0.15) is 30.0 Å². The zero-order valence-electron chi connectivity index (χ0n) is 13.6. The van der Waals surface area contributed by atoms with E-state index >= 15 is 0 Å². The van der Waals surface area contributed by atoms with Crippen LogP contribution in [0.2, 0.25) is 0 Å². The smallest absolute Gasteiger partial charge is 0.308 e. The van der Waals surface area contributed by atoms with Crippen LogP contribution >= 0.6 is 0 Å². The van der Waals surface area contributed by atoms with Gasteiger partial charge in [0.2, 0.25) is 5.91 Å². The van der Waals surface area contributed by atoms with E-state index in [1.54, 1.807) is 29.0 Å². The highest BCUT2D eigenvalue weighted by Gasteiger charge is 2.41. The molecule has 0 bridgehead atoms. The van der Waals surface area contributed by atoms with Gasteiger partial charge < -0.3 is 10.0 Å². The van der Waals surface area contributed by atoms with Crippen molar-refractivity contribution in [3.05, 3.63) is 53.9 Å². The summed E-state index contributed by atoms with van der Waals surface area (Å²) >= 11 is 0. The molecule has 126 valence electrons. The Bertz CT molecular complexity index is 726. The standard InChI is InChI=1S/C18H21N3O3/c1-20-12-14(11-19-20)17-15(18(23)24)7-8-16(22)21(17)10-9-13-5-3-2-4-6-13/h2-6,11-12,15,17H,7-10H2,1H3,(H,23,24)/t15-,17-/m0/s1. The largest absolute Gasteiger partial charge is 0.481 e. The molecule has 1 fully saturated rings. The van der Waals surface area contributed by atoms with Crippen molar-refractivity contribution in [1.29, 1.82) is 0 Å². The lowest BCUT2D eigenvalue weighted by Gasteiger charge is -2.39. The first-order chi connectivity index (χ1) is 11.6. The molecule has 24 heavy (non-hydrogen) atoms. The molecule has 6 heteroatoms. The van der Waals surface area contributed by atoms with E-state index in [4.69, 9.17) is 0 Å². The van der Waals surface area contributed by atoms with Crippen LogP contribution in [0.5, 0.6) is 0 Å². The van der Waals surface area contributed by atoms with Gasteiger partial charge >= 0.3 is 5.97 Å². The fourth-order valence-electron chi connectivity index (χ4n) is 3.37. The molecule has 1 aliphatic rings. The number of carboxylic acid groups (broad SMARTS) is 1. The van der Waals surface area contributed by atoms with Crippen molar-refractivity contribution < 1.29 is 14.7 Å². The Morgan fingerprint density at radius 3 is 2.71 bits per heavy atom. The van der Waals surface area contributed by atoms with Crippen molar-refractivity contribution in [2.45, 2.75) is 25.3 Å². The highest BCUT2D eigenvalue weighted by Crippen LogP contribution is 2.36. The second-order valence-electron chi connectivity index (χ2n) is 6.20. The maximum atomic E-state index is 12.5. The number of carboxylic acids is 1. The third kappa shape index (κ3) is 3.32. The molecule has 0 aliphatic carbocycles. The minimum Gasteiger partial charge on any atom is -0.481 e. The van der Waals surface area contributed by atoms with E-state index in [9.17, 15) is 14.7 Å². The van der Waals surface area contributed by atoms with E-state index in [0.717, 1.165) is 11.1 Å². The summed E-state index contributed by atoms with van der Waals surface area (Å²) in [5.74, 6) is -1.44. The molecule has 1 amide bonds. The van der Waals surface area contributed by atoms with Crippen LogP contribution < -0.4 is 0 Å². The summed E-state index contributed by atoms with van der Waals surface area (Å²) in [6.45, 7) is 0.506. The van der Waals surface area contributed by atoms with Crippen LogP contribution in [0.25, 0.3) is 0 Å². The molecule has 1 aliphatic heterocycles. The summed E-state index contributed by atoms with van der Waals surface area (Å²) in [5.41, 5.74) is 1.92. The molecule has 2 heterocycles. The highest BCUT2D eigenvalue weighted by atomic mass is 16.4. The number of rotatable bonds is 5. The number of carbonyl (C=O) groups is 2. The first kappa shape index (κ1) is 16.2. The Kier molecular flexibility index (Phi) is 4.64. The maximum absolute atomic E-state index is 12.5. The van der Waals surface area contributed by atoms with Crippen molar-refractivity contribution in [2.24, 2.45) is 13.0 Å². The van der Waals surface area contributed by atoms with Gasteiger partial charge in [-0.3, -0.25) is 14.3 Å². The Hall–Kier alpha value is -2.63.